The molecular formula is C10H14N2O4S. The molecule has 0 unspecified atom stereocenters. The van der Waals surface area contributed by atoms with Gasteiger partial charge in [-0.2, -0.15) is 13.1 Å². The van der Waals surface area contributed by atoms with E-state index in [1.54, 1.807) is 18.2 Å². The lowest BCUT2D eigenvalue weighted by Gasteiger charge is -2.12. The Morgan fingerprint density at radius 2 is 2.06 bits per heavy atom. The summed E-state index contributed by atoms with van der Waals surface area (Å²) in [6.45, 7) is 1.24. The van der Waals surface area contributed by atoms with Crippen molar-refractivity contribution < 1.29 is 17.9 Å². The molecule has 17 heavy (non-hydrogen) atoms. The van der Waals surface area contributed by atoms with Crippen LogP contribution in [-0.4, -0.2) is 21.6 Å². The third-order valence-corrected chi connectivity index (χ3v) is 2.86. The van der Waals surface area contributed by atoms with E-state index in [2.05, 4.69) is 4.72 Å². The summed E-state index contributed by atoms with van der Waals surface area (Å²) in [6, 6.07) is 5.35. The maximum absolute atomic E-state index is 10.8. The summed E-state index contributed by atoms with van der Waals surface area (Å²) in [5.41, 5.74) is 0.707. The van der Waals surface area contributed by atoms with Crippen LogP contribution in [0.4, 0.5) is 0 Å². The van der Waals surface area contributed by atoms with Crippen molar-refractivity contribution in [2.75, 3.05) is 13.2 Å². The predicted octanol–water partition coefficient (Wildman–Crippen LogP) is 0.141. The van der Waals surface area contributed by atoms with Gasteiger partial charge in [0.25, 0.3) is 10.2 Å². The molecule has 0 bridgehead atoms. The molecule has 0 amide bonds. The molecule has 0 spiro atoms. The molecule has 0 aliphatic carbocycles. The van der Waals surface area contributed by atoms with Gasteiger partial charge in [0.2, 0.25) is 0 Å². The van der Waals surface area contributed by atoms with E-state index in [-0.39, 0.29) is 6.54 Å². The molecule has 0 fully saturated rings. The second-order valence-electron chi connectivity index (χ2n) is 3.66. The zero-order valence-electron chi connectivity index (χ0n) is 9.18. The first-order chi connectivity index (χ1) is 8.06. The first kappa shape index (κ1) is 12.2. The number of rotatable bonds is 3. The highest BCUT2D eigenvalue weighted by Gasteiger charge is 2.15. The molecule has 3 N–H and O–H groups in total. The van der Waals surface area contributed by atoms with Crippen LogP contribution in [0.5, 0.6) is 11.5 Å². The molecule has 1 aliphatic heterocycles. The third kappa shape index (κ3) is 3.32. The average molecular weight is 258 g/mol. The summed E-state index contributed by atoms with van der Waals surface area (Å²) in [7, 11) is -3.70. The van der Waals surface area contributed by atoms with Crippen LogP contribution in [0.15, 0.2) is 18.2 Å². The summed E-state index contributed by atoms with van der Waals surface area (Å²) >= 11 is 0. The van der Waals surface area contributed by atoms with Gasteiger partial charge in [0.05, 0.1) is 13.2 Å². The van der Waals surface area contributed by atoms with Crippen molar-refractivity contribution in [3.8, 4) is 11.5 Å². The van der Waals surface area contributed by atoms with Gasteiger partial charge in [0.1, 0.15) is 0 Å². The Hall–Kier alpha value is -1.31. The average Bonchev–Trinajstić information content (AvgIpc) is 2.50. The minimum absolute atomic E-state index is 0.0887. The van der Waals surface area contributed by atoms with Crippen molar-refractivity contribution in [1.82, 2.24) is 4.72 Å². The van der Waals surface area contributed by atoms with Crippen molar-refractivity contribution in [3.05, 3.63) is 23.8 Å². The van der Waals surface area contributed by atoms with Gasteiger partial charge in [0.15, 0.2) is 11.5 Å². The molecule has 2 rings (SSSR count). The van der Waals surface area contributed by atoms with Crippen molar-refractivity contribution in [2.45, 2.75) is 13.0 Å². The van der Waals surface area contributed by atoms with Crippen molar-refractivity contribution in [1.29, 1.82) is 0 Å². The van der Waals surface area contributed by atoms with Crippen LogP contribution in [-0.2, 0) is 16.8 Å². The second-order valence-corrected chi connectivity index (χ2v) is 5.04. The predicted molar refractivity (Wildman–Crippen MR) is 62.0 cm³/mol. The van der Waals surface area contributed by atoms with Crippen molar-refractivity contribution >= 4 is 10.2 Å². The number of nitrogens with one attached hydrogen (secondary N) is 1. The van der Waals surface area contributed by atoms with Gasteiger partial charge in [-0.05, 0) is 6.07 Å². The minimum Gasteiger partial charge on any atom is -0.490 e. The first-order valence-corrected chi connectivity index (χ1v) is 6.76. The molecule has 1 heterocycles. The Kier molecular flexibility index (Phi) is 3.51. The summed E-state index contributed by atoms with van der Waals surface area (Å²) in [4.78, 5) is 0. The number of fused-ring (bicyclic) bond motifs is 1. The zero-order valence-corrected chi connectivity index (χ0v) is 10.00. The zero-order chi connectivity index (χ0) is 12.3. The van der Waals surface area contributed by atoms with Crippen LogP contribution >= 0.6 is 0 Å². The normalized spacial score (nSPS) is 15.4. The van der Waals surface area contributed by atoms with Gasteiger partial charge in [-0.3, -0.25) is 0 Å². The van der Waals surface area contributed by atoms with E-state index in [4.69, 9.17) is 14.6 Å². The van der Waals surface area contributed by atoms with Gasteiger partial charge in [0, 0.05) is 18.5 Å². The Balaban J connectivity index is 2.22. The lowest BCUT2D eigenvalue weighted by atomic mass is 10.2. The van der Waals surface area contributed by atoms with Crippen LogP contribution < -0.4 is 19.3 Å². The monoisotopic (exact) mass is 258 g/mol. The fourth-order valence-corrected chi connectivity index (χ4v) is 1.93. The Morgan fingerprint density at radius 1 is 1.29 bits per heavy atom. The molecule has 0 radical (unpaired) electrons. The minimum atomic E-state index is -3.70. The molecule has 1 aliphatic rings. The Morgan fingerprint density at radius 3 is 2.82 bits per heavy atom. The molecule has 0 saturated heterocycles. The summed E-state index contributed by atoms with van der Waals surface area (Å²) in [5.74, 6) is 1.22. The van der Waals surface area contributed by atoms with E-state index in [0.717, 1.165) is 6.42 Å². The Labute approximate surface area is 99.9 Å². The molecule has 94 valence electrons. The molecular weight excluding hydrogens is 244 g/mol. The van der Waals surface area contributed by atoms with Gasteiger partial charge in [-0.15, -0.1) is 0 Å². The smallest absolute Gasteiger partial charge is 0.274 e. The molecule has 1 aromatic rings. The summed E-state index contributed by atoms with van der Waals surface area (Å²) in [6.07, 6.45) is 0.802. The summed E-state index contributed by atoms with van der Waals surface area (Å²) in [5, 5.41) is 4.88. The number of benzene rings is 1. The molecule has 0 atom stereocenters. The second kappa shape index (κ2) is 4.91. The van der Waals surface area contributed by atoms with Gasteiger partial charge in [-0.1, -0.05) is 12.1 Å². The number of ether oxygens (including phenoxy) is 2. The van der Waals surface area contributed by atoms with Crippen molar-refractivity contribution in [2.24, 2.45) is 5.14 Å². The number of hydrogen-bond acceptors (Lipinski definition) is 4. The third-order valence-electron chi connectivity index (χ3n) is 2.32. The van der Waals surface area contributed by atoms with Crippen molar-refractivity contribution in [3.63, 3.8) is 0 Å². The van der Waals surface area contributed by atoms with Crippen LogP contribution in [0, 0.1) is 0 Å². The fraction of sp³-hybridized carbons (Fsp3) is 0.400. The van der Waals surface area contributed by atoms with E-state index >= 15 is 0 Å². The van der Waals surface area contributed by atoms with Crippen LogP contribution in [0.2, 0.25) is 0 Å². The topological polar surface area (TPSA) is 90.7 Å². The maximum Gasteiger partial charge on any atom is 0.274 e. The molecule has 1 aromatic carbocycles. The van der Waals surface area contributed by atoms with Gasteiger partial charge in [-0.25, -0.2) is 5.14 Å². The highest BCUT2D eigenvalue weighted by atomic mass is 32.2. The molecule has 0 saturated carbocycles. The molecule has 0 aromatic heterocycles. The van der Waals surface area contributed by atoms with Crippen LogP contribution in [0.1, 0.15) is 12.0 Å². The van der Waals surface area contributed by atoms with Gasteiger partial charge < -0.3 is 9.47 Å². The first-order valence-electron chi connectivity index (χ1n) is 5.21. The van der Waals surface area contributed by atoms with E-state index < -0.39 is 10.2 Å². The number of para-hydroxylation sites is 1. The van der Waals surface area contributed by atoms with E-state index in [0.29, 0.717) is 30.3 Å². The maximum atomic E-state index is 10.8. The largest absolute Gasteiger partial charge is 0.490 e. The van der Waals surface area contributed by atoms with E-state index in [1.165, 1.54) is 0 Å². The number of hydrogen-bond donors (Lipinski definition) is 2. The number of nitrogens with two attached hydrogens (primary N) is 1. The molecule has 6 nitrogen and oxygen atoms in total. The van der Waals surface area contributed by atoms with Crippen LogP contribution in [0.3, 0.4) is 0 Å². The quantitative estimate of drug-likeness (QED) is 0.807. The molecule has 7 heteroatoms. The van der Waals surface area contributed by atoms with E-state index in [9.17, 15) is 8.42 Å². The SMILES string of the molecule is NS(=O)(=O)NCc1cccc2c1OCCCO2. The lowest BCUT2D eigenvalue weighted by Crippen LogP contribution is -2.30. The standard InChI is InChI=1S/C10H14N2O4S/c11-17(13,14)12-7-8-3-1-4-9-10(8)16-6-2-5-15-9/h1,3-4,12H,2,5-7H2,(H2,11,13,14). The lowest BCUT2D eigenvalue weighted by molar-refractivity contribution is 0.296. The highest BCUT2D eigenvalue weighted by molar-refractivity contribution is 7.87. The highest BCUT2D eigenvalue weighted by Crippen LogP contribution is 2.33. The van der Waals surface area contributed by atoms with Crippen LogP contribution in [0.25, 0.3) is 0 Å². The van der Waals surface area contributed by atoms with E-state index in [1.807, 2.05) is 0 Å². The Bertz CT molecular complexity index is 501. The summed E-state index contributed by atoms with van der Waals surface area (Å²) < 4.78 is 34.9. The fourth-order valence-electron chi connectivity index (χ4n) is 1.57. The van der Waals surface area contributed by atoms with Gasteiger partial charge >= 0.3 is 0 Å².